The van der Waals surface area contributed by atoms with Crippen LogP contribution in [0.15, 0.2) is 0 Å². The summed E-state index contributed by atoms with van der Waals surface area (Å²) < 4.78 is 34.4. The van der Waals surface area contributed by atoms with Crippen LogP contribution in [0, 0.1) is 0 Å². The fraction of sp³-hybridized carbons (Fsp3) is 0.967. The van der Waals surface area contributed by atoms with Gasteiger partial charge in [-0.15, -0.1) is 0 Å². The quantitative estimate of drug-likeness (QED) is 0.0417. The SMILES string of the molecule is CCCCCCCCCCCCCCOCC(COP(=O)(O)OCC[N+](C)(C)C)OC(=O)CCCCCCC. The monoisotopic (exact) mass is 580 g/mol. The number of hydrogen-bond acceptors (Lipinski definition) is 6. The Hall–Kier alpha value is -0.500. The second kappa shape index (κ2) is 25.2. The molecule has 0 radical (unpaired) electrons. The van der Waals surface area contributed by atoms with Crippen LogP contribution < -0.4 is 0 Å². The topological polar surface area (TPSA) is 91.3 Å². The number of carbonyl (C=O) groups excluding carboxylic acids is 1. The molecule has 9 heteroatoms. The van der Waals surface area contributed by atoms with Crippen molar-refractivity contribution < 1.29 is 37.3 Å². The minimum Gasteiger partial charge on any atom is -0.457 e. The van der Waals surface area contributed by atoms with E-state index in [4.69, 9.17) is 18.5 Å². The zero-order valence-corrected chi connectivity index (χ0v) is 27.0. The highest BCUT2D eigenvalue weighted by molar-refractivity contribution is 7.47. The number of hydrogen-bond donors (Lipinski definition) is 1. The van der Waals surface area contributed by atoms with E-state index in [0.717, 1.165) is 38.5 Å². The Bertz CT molecular complexity index is 613. The number of ether oxygens (including phenoxy) is 2. The van der Waals surface area contributed by atoms with E-state index in [-0.39, 0.29) is 25.8 Å². The van der Waals surface area contributed by atoms with E-state index in [1.807, 2.05) is 21.1 Å². The van der Waals surface area contributed by atoms with Crippen LogP contribution in [-0.4, -0.2) is 75.6 Å². The highest BCUT2D eigenvalue weighted by Gasteiger charge is 2.26. The van der Waals surface area contributed by atoms with Crippen molar-refractivity contribution in [2.45, 2.75) is 136 Å². The molecule has 0 rings (SSSR count). The molecule has 0 heterocycles. The summed E-state index contributed by atoms with van der Waals surface area (Å²) in [6.07, 6.45) is 20.1. The standard InChI is InChI=1S/C30H62NO7P/c1-6-8-10-12-13-14-15-16-17-18-20-22-25-35-27-29(38-30(32)23-21-19-11-9-7-2)28-37-39(33,34)36-26-24-31(3,4)5/h29H,6-28H2,1-5H3/p+1. The van der Waals surface area contributed by atoms with Gasteiger partial charge >= 0.3 is 13.8 Å². The summed E-state index contributed by atoms with van der Waals surface area (Å²) in [4.78, 5) is 22.4. The molecule has 0 aromatic carbocycles. The molecule has 0 spiro atoms. The summed E-state index contributed by atoms with van der Waals surface area (Å²) in [5.41, 5.74) is 0. The molecule has 0 aliphatic heterocycles. The van der Waals surface area contributed by atoms with Gasteiger partial charge < -0.3 is 18.9 Å². The van der Waals surface area contributed by atoms with Crippen molar-refractivity contribution in [1.82, 2.24) is 0 Å². The maximum absolute atomic E-state index is 12.3. The summed E-state index contributed by atoms with van der Waals surface area (Å²) in [6, 6.07) is 0. The molecule has 0 aromatic rings. The lowest BCUT2D eigenvalue weighted by atomic mass is 10.1. The third kappa shape index (κ3) is 28.8. The highest BCUT2D eigenvalue weighted by Crippen LogP contribution is 2.43. The van der Waals surface area contributed by atoms with Crippen molar-refractivity contribution in [3.8, 4) is 0 Å². The Morgan fingerprint density at radius 3 is 1.69 bits per heavy atom. The van der Waals surface area contributed by atoms with Gasteiger partial charge in [0.15, 0.2) is 0 Å². The minimum absolute atomic E-state index is 0.0922. The molecule has 8 nitrogen and oxygen atoms in total. The Kier molecular flexibility index (Phi) is 24.9. The van der Waals surface area contributed by atoms with Gasteiger partial charge in [-0.05, 0) is 12.8 Å². The lowest BCUT2D eigenvalue weighted by Gasteiger charge is -2.24. The largest absolute Gasteiger partial charge is 0.472 e. The lowest BCUT2D eigenvalue weighted by molar-refractivity contribution is -0.870. The zero-order chi connectivity index (χ0) is 29.2. The first-order chi connectivity index (χ1) is 18.6. The van der Waals surface area contributed by atoms with Crippen molar-refractivity contribution >= 4 is 13.8 Å². The van der Waals surface area contributed by atoms with Crippen LogP contribution in [0.1, 0.15) is 129 Å². The van der Waals surface area contributed by atoms with Crippen LogP contribution in [0.2, 0.25) is 0 Å². The summed E-state index contributed by atoms with van der Waals surface area (Å²) in [6.45, 7) is 5.53. The zero-order valence-electron chi connectivity index (χ0n) is 26.1. The first-order valence-corrected chi connectivity index (χ1v) is 17.3. The van der Waals surface area contributed by atoms with Crippen LogP contribution in [0.4, 0.5) is 0 Å². The average Bonchev–Trinajstić information content (AvgIpc) is 2.86. The number of phosphoric ester groups is 1. The van der Waals surface area contributed by atoms with Crippen molar-refractivity contribution in [1.29, 1.82) is 0 Å². The smallest absolute Gasteiger partial charge is 0.457 e. The number of unbranched alkanes of at least 4 members (excludes halogenated alkanes) is 15. The molecule has 39 heavy (non-hydrogen) atoms. The molecule has 0 fully saturated rings. The Balaban J connectivity index is 4.25. The van der Waals surface area contributed by atoms with E-state index in [2.05, 4.69) is 13.8 Å². The normalized spacial score (nSPS) is 14.3. The minimum atomic E-state index is -4.24. The van der Waals surface area contributed by atoms with Crippen molar-refractivity contribution in [2.24, 2.45) is 0 Å². The van der Waals surface area contributed by atoms with Crippen LogP contribution in [0.25, 0.3) is 0 Å². The number of nitrogens with zero attached hydrogens (tertiary/aromatic N) is 1. The van der Waals surface area contributed by atoms with Crippen molar-refractivity contribution in [2.75, 3.05) is 54.1 Å². The molecule has 0 aromatic heterocycles. The predicted molar refractivity (Wildman–Crippen MR) is 160 cm³/mol. The Labute approximate surface area is 240 Å². The van der Waals surface area contributed by atoms with Crippen LogP contribution in [0.3, 0.4) is 0 Å². The number of phosphoric acid groups is 1. The number of esters is 1. The summed E-state index contributed by atoms with van der Waals surface area (Å²) in [5, 5.41) is 0. The van der Waals surface area contributed by atoms with E-state index < -0.39 is 13.9 Å². The van der Waals surface area contributed by atoms with Crippen molar-refractivity contribution in [3.05, 3.63) is 0 Å². The van der Waals surface area contributed by atoms with Gasteiger partial charge in [-0.25, -0.2) is 4.57 Å². The maximum atomic E-state index is 12.3. The number of rotatable bonds is 29. The van der Waals surface area contributed by atoms with Gasteiger partial charge in [0.2, 0.25) is 0 Å². The second-order valence-corrected chi connectivity index (χ2v) is 13.3. The van der Waals surface area contributed by atoms with Gasteiger partial charge in [0.05, 0.1) is 34.4 Å². The maximum Gasteiger partial charge on any atom is 0.472 e. The molecule has 2 atom stereocenters. The molecule has 2 unspecified atom stereocenters. The van der Waals surface area contributed by atoms with Gasteiger partial charge in [0.1, 0.15) is 19.3 Å². The number of quaternary nitrogens is 1. The van der Waals surface area contributed by atoms with Crippen LogP contribution >= 0.6 is 7.82 Å². The number of likely N-dealkylation sites (N-methyl/N-ethyl adjacent to an activating group) is 1. The van der Waals surface area contributed by atoms with E-state index in [1.54, 1.807) is 0 Å². The van der Waals surface area contributed by atoms with Gasteiger partial charge in [0, 0.05) is 13.0 Å². The molecule has 234 valence electrons. The first-order valence-electron chi connectivity index (χ1n) is 15.8. The second-order valence-electron chi connectivity index (χ2n) is 11.9. The molecule has 0 bridgehead atoms. The number of carbonyl (C=O) groups is 1. The molecular formula is C30H63NO7P+. The third-order valence-corrected chi connectivity index (χ3v) is 7.65. The fourth-order valence-electron chi connectivity index (χ4n) is 4.14. The molecule has 0 aliphatic rings. The fourth-order valence-corrected chi connectivity index (χ4v) is 4.88. The average molecular weight is 581 g/mol. The summed E-state index contributed by atoms with van der Waals surface area (Å²) in [7, 11) is 1.67. The highest BCUT2D eigenvalue weighted by atomic mass is 31.2. The third-order valence-electron chi connectivity index (χ3n) is 6.67. The van der Waals surface area contributed by atoms with Gasteiger partial charge in [-0.3, -0.25) is 13.8 Å². The van der Waals surface area contributed by atoms with E-state index in [1.165, 1.54) is 70.6 Å². The summed E-state index contributed by atoms with van der Waals surface area (Å²) in [5.74, 6) is -0.326. The predicted octanol–water partition coefficient (Wildman–Crippen LogP) is 7.82. The van der Waals surface area contributed by atoms with E-state index >= 15 is 0 Å². The van der Waals surface area contributed by atoms with Crippen LogP contribution in [0.5, 0.6) is 0 Å². The molecule has 0 aliphatic carbocycles. The van der Waals surface area contributed by atoms with E-state index in [0.29, 0.717) is 24.1 Å². The van der Waals surface area contributed by atoms with Crippen LogP contribution in [-0.2, 0) is 27.9 Å². The molecule has 0 amide bonds. The molecule has 0 saturated heterocycles. The molecular weight excluding hydrogens is 517 g/mol. The van der Waals surface area contributed by atoms with Gasteiger partial charge in [0.25, 0.3) is 0 Å². The van der Waals surface area contributed by atoms with E-state index in [9.17, 15) is 14.3 Å². The van der Waals surface area contributed by atoms with Gasteiger partial charge in [-0.1, -0.05) is 110 Å². The first kappa shape index (κ1) is 38.5. The Morgan fingerprint density at radius 2 is 1.18 bits per heavy atom. The van der Waals surface area contributed by atoms with Gasteiger partial charge in [-0.2, -0.15) is 0 Å². The molecule has 1 N–H and O–H groups in total. The molecule has 0 saturated carbocycles. The summed E-state index contributed by atoms with van der Waals surface area (Å²) >= 11 is 0. The van der Waals surface area contributed by atoms with Crippen molar-refractivity contribution in [3.63, 3.8) is 0 Å². The lowest BCUT2D eigenvalue weighted by Crippen LogP contribution is -2.37. The Morgan fingerprint density at radius 1 is 0.692 bits per heavy atom.